The molecular weight excluding hydrogens is 314 g/mol. The third-order valence-electron chi connectivity index (χ3n) is 3.41. The van der Waals surface area contributed by atoms with E-state index in [0.717, 1.165) is 28.4 Å². The molecule has 1 unspecified atom stereocenters. The highest BCUT2D eigenvalue weighted by molar-refractivity contribution is 7.07. The molecule has 3 rings (SSSR count). The smallest absolute Gasteiger partial charge is 0.265 e. The number of aliphatic hydroxyl groups is 1. The van der Waals surface area contributed by atoms with Gasteiger partial charge in [-0.2, -0.15) is 0 Å². The lowest BCUT2D eigenvalue weighted by Gasteiger charge is -2.12. The van der Waals surface area contributed by atoms with Crippen LogP contribution in [0, 0.1) is 6.92 Å². The number of carbonyl (C=O) groups is 1. The average Bonchev–Trinajstić information content (AvgIpc) is 3.24. The maximum Gasteiger partial charge on any atom is 0.265 e. The number of rotatable bonds is 5. The minimum atomic E-state index is -0.786. The molecule has 0 spiro atoms. The van der Waals surface area contributed by atoms with Crippen LogP contribution in [0.25, 0.3) is 11.3 Å². The number of carbonyl (C=O) groups excluding carboxylic acids is 1. The summed E-state index contributed by atoms with van der Waals surface area (Å²) in [4.78, 5) is 12.4. The van der Waals surface area contributed by atoms with Gasteiger partial charge in [0, 0.05) is 12.1 Å². The van der Waals surface area contributed by atoms with Crippen molar-refractivity contribution in [2.24, 2.45) is 0 Å². The van der Waals surface area contributed by atoms with Crippen LogP contribution in [0.4, 0.5) is 0 Å². The first-order valence-corrected chi connectivity index (χ1v) is 7.81. The fourth-order valence-corrected chi connectivity index (χ4v) is 2.71. The van der Waals surface area contributed by atoms with Gasteiger partial charge in [-0.25, -0.2) is 0 Å². The summed E-state index contributed by atoms with van der Waals surface area (Å²) < 4.78 is 9.04. The highest BCUT2D eigenvalue weighted by atomic mass is 32.1. The second-order valence-corrected chi connectivity index (χ2v) is 5.77. The molecule has 1 aromatic carbocycles. The van der Waals surface area contributed by atoms with Gasteiger partial charge in [0.2, 0.25) is 0 Å². The topological polar surface area (TPSA) is 88.2 Å². The minimum absolute atomic E-state index is 0.121. The van der Waals surface area contributed by atoms with Crippen LogP contribution in [0.5, 0.6) is 0 Å². The zero-order valence-electron chi connectivity index (χ0n) is 12.4. The van der Waals surface area contributed by atoms with Gasteiger partial charge in [0.15, 0.2) is 0 Å². The summed E-state index contributed by atoms with van der Waals surface area (Å²) in [6.45, 7) is 1.85. The highest BCUT2D eigenvalue weighted by Gasteiger charge is 2.15. The molecule has 7 heteroatoms. The molecule has 2 N–H and O–H groups in total. The molecule has 1 amide bonds. The molecule has 2 heterocycles. The fourth-order valence-electron chi connectivity index (χ4n) is 2.14. The lowest BCUT2D eigenvalue weighted by molar-refractivity contribution is 0.0919. The lowest BCUT2D eigenvalue weighted by Crippen LogP contribution is -2.28. The predicted octanol–water partition coefficient (Wildman–Crippen LogP) is 2.57. The number of aromatic nitrogens is 2. The fraction of sp³-hybridized carbons (Fsp3) is 0.188. The largest absolute Gasteiger partial charge is 0.464 e. The summed E-state index contributed by atoms with van der Waals surface area (Å²) >= 11 is 1.04. The molecule has 0 bridgehead atoms. The Hall–Kier alpha value is -2.51. The van der Waals surface area contributed by atoms with Gasteiger partial charge in [0.05, 0.1) is 18.1 Å². The molecule has 0 saturated heterocycles. The highest BCUT2D eigenvalue weighted by Crippen LogP contribution is 2.22. The zero-order chi connectivity index (χ0) is 16.2. The molecule has 0 radical (unpaired) electrons. The molecule has 23 heavy (non-hydrogen) atoms. The molecule has 6 nitrogen and oxygen atoms in total. The van der Waals surface area contributed by atoms with Crippen molar-refractivity contribution in [1.29, 1.82) is 0 Å². The van der Waals surface area contributed by atoms with E-state index in [1.807, 2.05) is 36.4 Å². The first-order valence-electron chi connectivity index (χ1n) is 7.04. The third kappa shape index (κ3) is 3.46. The minimum Gasteiger partial charge on any atom is -0.464 e. The number of nitrogens with one attached hydrogen (secondary N) is 1. The molecule has 2 aromatic heterocycles. The first kappa shape index (κ1) is 15.4. The van der Waals surface area contributed by atoms with Gasteiger partial charge in [0.25, 0.3) is 5.91 Å². The monoisotopic (exact) mass is 329 g/mol. The molecule has 3 aromatic rings. The maximum absolute atomic E-state index is 12.0. The van der Waals surface area contributed by atoms with Crippen LogP contribution in [0.2, 0.25) is 0 Å². The van der Waals surface area contributed by atoms with Gasteiger partial charge in [-0.05, 0) is 36.2 Å². The van der Waals surface area contributed by atoms with Gasteiger partial charge in [-0.1, -0.05) is 28.8 Å². The number of aliphatic hydroxyl groups excluding tert-OH is 1. The van der Waals surface area contributed by atoms with Crippen molar-refractivity contribution in [2.45, 2.75) is 13.0 Å². The molecule has 118 valence electrons. The Morgan fingerprint density at radius 1 is 1.35 bits per heavy atom. The van der Waals surface area contributed by atoms with Gasteiger partial charge in [-0.15, -0.1) is 5.10 Å². The Labute approximate surface area is 136 Å². The normalized spacial score (nSPS) is 12.1. The zero-order valence-corrected chi connectivity index (χ0v) is 13.2. The second-order valence-electron chi connectivity index (χ2n) is 5.01. The number of furan rings is 1. The molecule has 1 atom stereocenters. The number of benzene rings is 1. The summed E-state index contributed by atoms with van der Waals surface area (Å²) in [5, 5.41) is 16.7. The molecule has 0 saturated carbocycles. The Bertz CT molecular complexity index is 781. The summed E-state index contributed by atoms with van der Waals surface area (Å²) in [5.74, 6) is 0.497. The van der Waals surface area contributed by atoms with Crippen LogP contribution < -0.4 is 5.32 Å². The first-order chi connectivity index (χ1) is 11.1. The van der Waals surface area contributed by atoms with E-state index in [-0.39, 0.29) is 12.5 Å². The van der Waals surface area contributed by atoms with Crippen molar-refractivity contribution >= 4 is 17.4 Å². The van der Waals surface area contributed by atoms with Crippen molar-refractivity contribution in [3.8, 4) is 11.3 Å². The van der Waals surface area contributed by atoms with Crippen molar-refractivity contribution in [2.75, 3.05) is 6.54 Å². The standard InChI is InChI=1S/C16H15N3O3S/c1-10-15(23-19-18-10)16(21)17-9-13(20)11-4-6-12(7-5-11)14-3-2-8-22-14/h2-8,13,20H,9H2,1H3,(H,17,21). The number of aryl methyl sites for hydroxylation is 1. The van der Waals surface area contributed by atoms with Gasteiger partial charge in [0.1, 0.15) is 10.6 Å². The summed E-state index contributed by atoms with van der Waals surface area (Å²) in [6.07, 6.45) is 0.829. The van der Waals surface area contributed by atoms with E-state index in [1.54, 1.807) is 13.2 Å². The van der Waals surface area contributed by atoms with Crippen LogP contribution in [-0.4, -0.2) is 27.1 Å². The van der Waals surface area contributed by atoms with Crippen LogP contribution >= 0.6 is 11.5 Å². The van der Waals surface area contributed by atoms with E-state index in [1.165, 1.54) is 0 Å². The maximum atomic E-state index is 12.0. The number of nitrogens with zero attached hydrogens (tertiary/aromatic N) is 2. The molecule has 0 aliphatic heterocycles. The van der Waals surface area contributed by atoms with Crippen LogP contribution in [0.1, 0.15) is 27.0 Å². The lowest BCUT2D eigenvalue weighted by atomic mass is 10.1. The Morgan fingerprint density at radius 3 is 2.74 bits per heavy atom. The third-order valence-corrected chi connectivity index (χ3v) is 4.24. The molecule has 0 fully saturated rings. The van der Waals surface area contributed by atoms with E-state index >= 15 is 0 Å². The van der Waals surface area contributed by atoms with E-state index in [4.69, 9.17) is 4.42 Å². The number of hydrogen-bond acceptors (Lipinski definition) is 6. The summed E-state index contributed by atoms with van der Waals surface area (Å²) in [5.41, 5.74) is 2.24. The average molecular weight is 329 g/mol. The Morgan fingerprint density at radius 2 is 2.13 bits per heavy atom. The molecule has 0 aliphatic rings. The van der Waals surface area contributed by atoms with Crippen molar-refractivity contribution < 1.29 is 14.3 Å². The predicted molar refractivity (Wildman–Crippen MR) is 86.1 cm³/mol. The quantitative estimate of drug-likeness (QED) is 0.751. The van der Waals surface area contributed by atoms with Crippen molar-refractivity contribution in [1.82, 2.24) is 14.9 Å². The summed E-state index contributed by atoms with van der Waals surface area (Å²) in [7, 11) is 0. The van der Waals surface area contributed by atoms with E-state index < -0.39 is 6.10 Å². The Balaban J connectivity index is 1.61. The van der Waals surface area contributed by atoms with Gasteiger partial charge >= 0.3 is 0 Å². The van der Waals surface area contributed by atoms with Crippen molar-refractivity contribution in [3.63, 3.8) is 0 Å². The van der Waals surface area contributed by atoms with Gasteiger partial charge < -0.3 is 14.8 Å². The van der Waals surface area contributed by atoms with E-state index in [0.29, 0.717) is 10.6 Å². The van der Waals surface area contributed by atoms with Crippen molar-refractivity contribution in [3.05, 3.63) is 58.8 Å². The van der Waals surface area contributed by atoms with Crippen LogP contribution in [-0.2, 0) is 0 Å². The van der Waals surface area contributed by atoms with Crippen LogP contribution in [0.3, 0.4) is 0 Å². The summed E-state index contributed by atoms with van der Waals surface area (Å²) in [6, 6.07) is 11.1. The molecule has 0 aliphatic carbocycles. The van der Waals surface area contributed by atoms with Crippen LogP contribution in [0.15, 0.2) is 47.1 Å². The van der Waals surface area contributed by atoms with E-state index in [9.17, 15) is 9.90 Å². The Kier molecular flexibility index (Phi) is 4.50. The number of hydrogen-bond donors (Lipinski definition) is 2. The number of amides is 1. The van der Waals surface area contributed by atoms with E-state index in [2.05, 4.69) is 14.9 Å². The second kappa shape index (κ2) is 6.72. The van der Waals surface area contributed by atoms with Gasteiger partial charge in [-0.3, -0.25) is 4.79 Å². The molecular formula is C16H15N3O3S. The SMILES string of the molecule is Cc1nnsc1C(=O)NCC(O)c1ccc(-c2ccco2)cc1.